The van der Waals surface area contributed by atoms with Crippen LogP contribution in [-0.4, -0.2) is 34.1 Å². The number of aryl methyl sites for hydroxylation is 1. The van der Waals surface area contributed by atoms with E-state index < -0.39 is 0 Å². The minimum Gasteiger partial charge on any atom is -0.338 e. The highest BCUT2D eigenvalue weighted by molar-refractivity contribution is 6.30. The van der Waals surface area contributed by atoms with E-state index >= 15 is 0 Å². The van der Waals surface area contributed by atoms with Crippen LogP contribution in [0, 0.1) is 12.8 Å². The molecule has 1 aromatic carbocycles. The monoisotopic (exact) mass is 315 g/mol. The highest BCUT2D eigenvalue weighted by Gasteiger charge is 2.33. The van der Waals surface area contributed by atoms with Gasteiger partial charge in [0.05, 0.1) is 17.5 Å². The molecule has 0 N–H and O–H groups in total. The second kappa shape index (κ2) is 6.05. The maximum Gasteiger partial charge on any atom is 0.255 e. The van der Waals surface area contributed by atoms with E-state index in [1.807, 2.05) is 24.0 Å². The molecule has 2 atom stereocenters. The van der Waals surface area contributed by atoms with Crippen molar-refractivity contribution in [2.45, 2.75) is 19.8 Å². The van der Waals surface area contributed by atoms with Crippen LogP contribution in [0.5, 0.6) is 0 Å². The van der Waals surface area contributed by atoms with Gasteiger partial charge in [-0.05, 0) is 36.6 Å². The van der Waals surface area contributed by atoms with Crippen LogP contribution >= 0.6 is 11.6 Å². The number of hydrogen-bond donors (Lipinski definition) is 0. The van der Waals surface area contributed by atoms with Gasteiger partial charge in [0, 0.05) is 24.0 Å². The molecule has 2 aromatic rings. The van der Waals surface area contributed by atoms with E-state index in [2.05, 4.69) is 29.3 Å². The first kappa shape index (κ1) is 15.0. The molecule has 5 heteroatoms. The van der Waals surface area contributed by atoms with Crippen molar-refractivity contribution in [2.24, 2.45) is 5.92 Å². The van der Waals surface area contributed by atoms with Crippen LogP contribution in [0.3, 0.4) is 0 Å². The molecule has 22 heavy (non-hydrogen) atoms. The Kier molecular flexibility index (Phi) is 4.12. The van der Waals surface area contributed by atoms with Gasteiger partial charge in [-0.2, -0.15) is 10.2 Å². The lowest BCUT2D eigenvalue weighted by atomic mass is 9.90. The minimum absolute atomic E-state index is 0.0290. The third kappa shape index (κ3) is 2.97. The summed E-state index contributed by atoms with van der Waals surface area (Å²) < 4.78 is 0. The highest BCUT2D eigenvalue weighted by atomic mass is 35.5. The summed E-state index contributed by atoms with van der Waals surface area (Å²) in [6, 6.07) is 9.70. The van der Waals surface area contributed by atoms with Gasteiger partial charge in [-0.3, -0.25) is 4.79 Å². The van der Waals surface area contributed by atoms with Gasteiger partial charge in [-0.15, -0.1) is 0 Å². The Hall–Kier alpha value is -1.94. The van der Waals surface area contributed by atoms with Crippen molar-refractivity contribution in [1.82, 2.24) is 15.1 Å². The Labute approximate surface area is 135 Å². The summed E-state index contributed by atoms with van der Waals surface area (Å²) in [5.74, 6) is 0.791. The van der Waals surface area contributed by atoms with E-state index in [1.165, 1.54) is 11.8 Å². The molecule has 1 aromatic heterocycles. The number of carbonyl (C=O) groups excluding carboxylic acids is 1. The summed E-state index contributed by atoms with van der Waals surface area (Å²) in [6.07, 6.45) is 1.54. The first-order valence-electron chi connectivity index (χ1n) is 7.38. The molecule has 4 nitrogen and oxygen atoms in total. The van der Waals surface area contributed by atoms with Gasteiger partial charge in [-0.25, -0.2) is 0 Å². The van der Waals surface area contributed by atoms with E-state index in [9.17, 15) is 4.79 Å². The van der Waals surface area contributed by atoms with Crippen LogP contribution in [0.2, 0.25) is 5.02 Å². The number of aromatic nitrogens is 2. The fraction of sp³-hybridized carbons (Fsp3) is 0.353. The number of nitrogens with zero attached hydrogens (tertiary/aromatic N) is 3. The lowest BCUT2D eigenvalue weighted by Crippen LogP contribution is -2.29. The average molecular weight is 316 g/mol. The molecule has 0 aliphatic carbocycles. The predicted octanol–water partition coefficient (Wildman–Crippen LogP) is 3.31. The van der Waals surface area contributed by atoms with E-state index in [0.717, 1.165) is 23.8 Å². The van der Waals surface area contributed by atoms with Gasteiger partial charge >= 0.3 is 0 Å². The van der Waals surface area contributed by atoms with Crippen molar-refractivity contribution in [3.8, 4) is 0 Å². The van der Waals surface area contributed by atoms with Crippen LogP contribution in [0.25, 0.3) is 0 Å². The summed E-state index contributed by atoms with van der Waals surface area (Å²) >= 11 is 5.95. The SMILES string of the molecule is Cc1cc(C(=O)N2C[C@H](c3ccc(Cl)cc3)[C@@H](C)C2)cnn1. The zero-order chi connectivity index (χ0) is 15.7. The Balaban J connectivity index is 1.78. The van der Waals surface area contributed by atoms with Gasteiger partial charge in [0.25, 0.3) is 5.91 Å². The van der Waals surface area contributed by atoms with Crippen LogP contribution < -0.4 is 0 Å². The van der Waals surface area contributed by atoms with Gasteiger partial charge in [0.15, 0.2) is 0 Å². The molecule has 1 aliphatic rings. The maximum atomic E-state index is 12.6. The Bertz CT molecular complexity index is 687. The number of benzene rings is 1. The van der Waals surface area contributed by atoms with Gasteiger partial charge in [-0.1, -0.05) is 30.7 Å². The standard InChI is InChI=1S/C17H18ClN3O/c1-11-9-21(17(22)14-7-12(2)20-19-8-14)10-16(11)13-3-5-15(18)6-4-13/h3-8,11,16H,9-10H2,1-2H3/t11-,16-/m0/s1. The highest BCUT2D eigenvalue weighted by Crippen LogP contribution is 2.33. The Morgan fingerprint density at radius 1 is 1.27 bits per heavy atom. The molecular weight excluding hydrogens is 298 g/mol. The molecule has 1 aliphatic heterocycles. The lowest BCUT2D eigenvalue weighted by Gasteiger charge is -2.16. The average Bonchev–Trinajstić information content (AvgIpc) is 2.89. The third-order valence-corrected chi connectivity index (χ3v) is 4.47. The number of carbonyl (C=O) groups is 1. The fourth-order valence-corrected chi connectivity index (χ4v) is 3.18. The van der Waals surface area contributed by atoms with Crippen LogP contribution in [0.15, 0.2) is 36.5 Å². The molecule has 0 spiro atoms. The van der Waals surface area contributed by atoms with Crippen molar-refractivity contribution >= 4 is 17.5 Å². The minimum atomic E-state index is 0.0290. The number of hydrogen-bond acceptors (Lipinski definition) is 3. The van der Waals surface area contributed by atoms with Gasteiger partial charge < -0.3 is 4.90 Å². The first-order chi connectivity index (χ1) is 10.5. The molecule has 1 saturated heterocycles. The van der Waals surface area contributed by atoms with Crippen LogP contribution in [-0.2, 0) is 0 Å². The molecule has 0 radical (unpaired) electrons. The topological polar surface area (TPSA) is 46.1 Å². The second-order valence-electron chi connectivity index (χ2n) is 5.93. The zero-order valence-electron chi connectivity index (χ0n) is 12.7. The molecule has 0 saturated carbocycles. The second-order valence-corrected chi connectivity index (χ2v) is 6.37. The number of likely N-dealkylation sites (tertiary alicyclic amines) is 1. The summed E-state index contributed by atoms with van der Waals surface area (Å²) in [5, 5.41) is 8.51. The number of rotatable bonds is 2. The fourth-order valence-electron chi connectivity index (χ4n) is 3.05. The third-order valence-electron chi connectivity index (χ3n) is 4.22. The quantitative estimate of drug-likeness (QED) is 0.854. The number of amides is 1. The van der Waals surface area contributed by atoms with E-state index in [4.69, 9.17) is 11.6 Å². The maximum absolute atomic E-state index is 12.6. The van der Waals surface area contributed by atoms with Crippen molar-refractivity contribution in [3.63, 3.8) is 0 Å². The molecule has 3 rings (SSSR count). The molecular formula is C17H18ClN3O. The zero-order valence-corrected chi connectivity index (χ0v) is 13.4. The molecule has 1 amide bonds. The molecule has 1 fully saturated rings. The predicted molar refractivity (Wildman–Crippen MR) is 86.0 cm³/mol. The van der Waals surface area contributed by atoms with Crippen molar-refractivity contribution < 1.29 is 4.79 Å². The van der Waals surface area contributed by atoms with Crippen LogP contribution in [0.1, 0.15) is 34.5 Å². The molecule has 114 valence electrons. The molecule has 2 heterocycles. The van der Waals surface area contributed by atoms with E-state index in [-0.39, 0.29) is 5.91 Å². The number of halogens is 1. The first-order valence-corrected chi connectivity index (χ1v) is 7.76. The summed E-state index contributed by atoms with van der Waals surface area (Å²) in [4.78, 5) is 14.5. The van der Waals surface area contributed by atoms with Crippen LogP contribution in [0.4, 0.5) is 0 Å². The normalized spacial score (nSPS) is 21.1. The molecule has 0 unspecified atom stereocenters. The van der Waals surface area contributed by atoms with E-state index in [0.29, 0.717) is 17.4 Å². The summed E-state index contributed by atoms with van der Waals surface area (Å²) in [7, 11) is 0. The summed E-state index contributed by atoms with van der Waals surface area (Å²) in [6.45, 7) is 5.51. The lowest BCUT2D eigenvalue weighted by molar-refractivity contribution is 0.0786. The van der Waals surface area contributed by atoms with Gasteiger partial charge in [0.2, 0.25) is 0 Å². The van der Waals surface area contributed by atoms with Crippen molar-refractivity contribution in [1.29, 1.82) is 0 Å². The van der Waals surface area contributed by atoms with Gasteiger partial charge in [0.1, 0.15) is 0 Å². The molecule has 0 bridgehead atoms. The Morgan fingerprint density at radius 3 is 2.68 bits per heavy atom. The smallest absolute Gasteiger partial charge is 0.255 e. The van der Waals surface area contributed by atoms with Crippen molar-refractivity contribution in [3.05, 3.63) is 58.4 Å². The van der Waals surface area contributed by atoms with Crippen molar-refractivity contribution in [2.75, 3.05) is 13.1 Å². The Morgan fingerprint density at radius 2 is 2.00 bits per heavy atom. The summed E-state index contributed by atoms with van der Waals surface area (Å²) in [5.41, 5.74) is 2.60. The largest absolute Gasteiger partial charge is 0.338 e. The van der Waals surface area contributed by atoms with E-state index in [1.54, 1.807) is 6.07 Å².